The van der Waals surface area contributed by atoms with Crippen LogP contribution in [0.25, 0.3) is 0 Å². The van der Waals surface area contributed by atoms with Crippen molar-refractivity contribution in [3.05, 3.63) is 22.4 Å². The Labute approximate surface area is 96.3 Å². The van der Waals surface area contributed by atoms with Crippen LogP contribution in [0.15, 0.2) is 17.5 Å². The molecule has 0 atom stereocenters. The molecule has 0 bridgehead atoms. The van der Waals surface area contributed by atoms with E-state index in [4.69, 9.17) is 0 Å². The second-order valence-corrected chi connectivity index (χ2v) is 5.49. The first kappa shape index (κ1) is 11.1. The molecule has 1 aliphatic heterocycles. The molecule has 2 rings (SSSR count). The van der Waals surface area contributed by atoms with Crippen LogP contribution < -0.4 is 5.32 Å². The van der Waals surface area contributed by atoms with Crippen LogP contribution in [0.5, 0.6) is 0 Å². The van der Waals surface area contributed by atoms with E-state index in [9.17, 15) is 0 Å². The smallest absolute Gasteiger partial charge is 0.0299 e. The Morgan fingerprint density at radius 2 is 2.27 bits per heavy atom. The van der Waals surface area contributed by atoms with E-state index >= 15 is 0 Å². The lowest BCUT2D eigenvalue weighted by Gasteiger charge is -2.28. The molecule has 3 heteroatoms. The lowest BCUT2D eigenvalue weighted by molar-refractivity contribution is 0.216. The molecule has 2 heterocycles. The van der Waals surface area contributed by atoms with Crippen LogP contribution in [-0.2, 0) is 6.54 Å². The Hall–Kier alpha value is -0.380. The third-order valence-corrected chi connectivity index (χ3v) is 4.03. The molecule has 1 aliphatic rings. The molecule has 2 nitrogen and oxygen atoms in total. The van der Waals surface area contributed by atoms with Crippen LogP contribution in [0.4, 0.5) is 0 Å². The topological polar surface area (TPSA) is 15.3 Å². The van der Waals surface area contributed by atoms with E-state index < -0.39 is 0 Å². The largest absolute Gasteiger partial charge is 0.312 e. The van der Waals surface area contributed by atoms with Crippen LogP contribution >= 0.6 is 11.3 Å². The number of nitrogens with zero attached hydrogens (tertiary/aromatic N) is 1. The number of piperidine rings is 1. The molecular weight excluding hydrogens is 204 g/mol. The van der Waals surface area contributed by atoms with Crippen molar-refractivity contribution in [2.75, 3.05) is 26.7 Å². The fraction of sp³-hybridized carbons (Fsp3) is 0.667. The summed E-state index contributed by atoms with van der Waals surface area (Å²) in [6.45, 7) is 4.77. The molecule has 1 fully saturated rings. The maximum absolute atomic E-state index is 3.56. The van der Waals surface area contributed by atoms with Gasteiger partial charge in [-0.3, -0.25) is 0 Å². The first-order valence-electron chi connectivity index (χ1n) is 5.76. The van der Waals surface area contributed by atoms with Crippen molar-refractivity contribution < 1.29 is 0 Å². The van der Waals surface area contributed by atoms with Gasteiger partial charge in [0.05, 0.1) is 0 Å². The zero-order chi connectivity index (χ0) is 10.5. The molecule has 84 valence electrons. The van der Waals surface area contributed by atoms with Gasteiger partial charge in [0.1, 0.15) is 0 Å². The van der Waals surface area contributed by atoms with E-state index in [2.05, 4.69) is 34.8 Å². The summed E-state index contributed by atoms with van der Waals surface area (Å²) in [5.41, 5.74) is 0. The summed E-state index contributed by atoms with van der Waals surface area (Å²) in [5, 5.41) is 5.71. The number of rotatable bonds is 4. The van der Waals surface area contributed by atoms with Crippen molar-refractivity contribution in [3.63, 3.8) is 0 Å². The normalized spacial score (nSPS) is 19.5. The highest BCUT2D eigenvalue weighted by molar-refractivity contribution is 7.09. The van der Waals surface area contributed by atoms with Gasteiger partial charge in [-0.2, -0.15) is 0 Å². The van der Waals surface area contributed by atoms with Crippen LogP contribution in [0.2, 0.25) is 0 Å². The van der Waals surface area contributed by atoms with Crippen molar-refractivity contribution in [1.29, 1.82) is 0 Å². The van der Waals surface area contributed by atoms with Gasteiger partial charge in [0, 0.05) is 11.4 Å². The number of nitrogens with one attached hydrogen (secondary N) is 1. The van der Waals surface area contributed by atoms with E-state index in [0.717, 1.165) is 12.5 Å². The maximum Gasteiger partial charge on any atom is 0.0299 e. The highest BCUT2D eigenvalue weighted by atomic mass is 32.1. The molecule has 0 aliphatic carbocycles. The number of hydrogen-bond acceptors (Lipinski definition) is 3. The van der Waals surface area contributed by atoms with Crippen LogP contribution in [0.3, 0.4) is 0 Å². The fourth-order valence-electron chi connectivity index (χ4n) is 2.08. The molecule has 1 N–H and O–H groups in total. The van der Waals surface area contributed by atoms with Crippen molar-refractivity contribution >= 4 is 11.3 Å². The van der Waals surface area contributed by atoms with Crippen molar-refractivity contribution in [1.82, 2.24) is 10.2 Å². The molecule has 0 aromatic carbocycles. The summed E-state index contributed by atoms with van der Waals surface area (Å²) in [5.74, 6) is 0.890. The molecule has 1 aromatic rings. The standard InChI is InChI=1S/C12H20N2S/c1-14-6-4-11(5-7-14)9-13-10-12-3-2-8-15-12/h2-3,8,11,13H,4-7,9-10H2,1H3. The minimum atomic E-state index is 0.890. The van der Waals surface area contributed by atoms with Crippen LogP contribution in [-0.4, -0.2) is 31.6 Å². The lowest BCUT2D eigenvalue weighted by Crippen LogP contribution is -2.34. The van der Waals surface area contributed by atoms with E-state index in [-0.39, 0.29) is 0 Å². The third kappa shape index (κ3) is 3.59. The molecule has 1 aromatic heterocycles. The van der Waals surface area contributed by atoms with E-state index in [1.165, 1.54) is 37.4 Å². The Morgan fingerprint density at radius 1 is 1.47 bits per heavy atom. The first-order valence-corrected chi connectivity index (χ1v) is 6.64. The summed E-state index contributed by atoms with van der Waals surface area (Å²) < 4.78 is 0. The van der Waals surface area contributed by atoms with Crippen molar-refractivity contribution in [2.45, 2.75) is 19.4 Å². The minimum Gasteiger partial charge on any atom is -0.312 e. The van der Waals surface area contributed by atoms with Gasteiger partial charge in [0.25, 0.3) is 0 Å². The van der Waals surface area contributed by atoms with Crippen molar-refractivity contribution in [3.8, 4) is 0 Å². The molecule has 0 spiro atoms. The van der Waals surface area contributed by atoms with Gasteiger partial charge >= 0.3 is 0 Å². The van der Waals surface area contributed by atoms with Gasteiger partial charge in [-0.05, 0) is 56.9 Å². The van der Waals surface area contributed by atoms with Gasteiger partial charge in [-0.25, -0.2) is 0 Å². The Kier molecular flexibility index (Phi) is 4.18. The zero-order valence-electron chi connectivity index (χ0n) is 9.41. The molecular formula is C12H20N2S. The monoisotopic (exact) mass is 224 g/mol. The van der Waals surface area contributed by atoms with E-state index in [1.807, 2.05) is 11.3 Å². The van der Waals surface area contributed by atoms with Gasteiger partial charge in [-0.1, -0.05) is 6.07 Å². The van der Waals surface area contributed by atoms with Gasteiger partial charge in [0.2, 0.25) is 0 Å². The molecule has 0 radical (unpaired) electrons. The van der Waals surface area contributed by atoms with E-state index in [1.54, 1.807) is 0 Å². The van der Waals surface area contributed by atoms with Gasteiger partial charge in [-0.15, -0.1) is 11.3 Å². The Morgan fingerprint density at radius 3 is 2.93 bits per heavy atom. The summed E-state index contributed by atoms with van der Waals surface area (Å²) in [6, 6.07) is 4.32. The summed E-state index contributed by atoms with van der Waals surface area (Å²) in [6.07, 6.45) is 2.71. The Bertz CT molecular complexity index is 263. The highest BCUT2D eigenvalue weighted by Gasteiger charge is 2.15. The molecule has 0 saturated carbocycles. The predicted octanol–water partition coefficient (Wildman–Crippen LogP) is 2.18. The maximum atomic E-state index is 3.56. The second-order valence-electron chi connectivity index (χ2n) is 4.46. The average molecular weight is 224 g/mol. The highest BCUT2D eigenvalue weighted by Crippen LogP contribution is 2.15. The van der Waals surface area contributed by atoms with E-state index in [0.29, 0.717) is 0 Å². The minimum absolute atomic E-state index is 0.890. The zero-order valence-corrected chi connectivity index (χ0v) is 10.2. The van der Waals surface area contributed by atoms with Crippen LogP contribution in [0, 0.1) is 5.92 Å². The average Bonchev–Trinajstić information content (AvgIpc) is 2.74. The SMILES string of the molecule is CN1CCC(CNCc2cccs2)CC1. The van der Waals surface area contributed by atoms with Gasteiger partial charge < -0.3 is 10.2 Å². The molecule has 0 unspecified atom stereocenters. The number of thiophene rings is 1. The third-order valence-electron chi connectivity index (χ3n) is 3.15. The molecule has 1 saturated heterocycles. The number of hydrogen-bond donors (Lipinski definition) is 1. The fourth-order valence-corrected chi connectivity index (χ4v) is 2.75. The first-order chi connectivity index (χ1) is 7.34. The van der Waals surface area contributed by atoms with Crippen LogP contribution in [0.1, 0.15) is 17.7 Å². The van der Waals surface area contributed by atoms with Crippen molar-refractivity contribution in [2.24, 2.45) is 5.92 Å². The predicted molar refractivity (Wildman–Crippen MR) is 66.2 cm³/mol. The quantitative estimate of drug-likeness (QED) is 0.843. The Balaban J connectivity index is 1.62. The second kappa shape index (κ2) is 5.64. The lowest BCUT2D eigenvalue weighted by atomic mass is 9.97. The summed E-state index contributed by atoms with van der Waals surface area (Å²) in [4.78, 5) is 3.87. The summed E-state index contributed by atoms with van der Waals surface area (Å²) >= 11 is 1.84. The van der Waals surface area contributed by atoms with Gasteiger partial charge in [0.15, 0.2) is 0 Å². The number of likely N-dealkylation sites (tertiary alicyclic amines) is 1. The molecule has 15 heavy (non-hydrogen) atoms. The summed E-state index contributed by atoms with van der Waals surface area (Å²) in [7, 11) is 2.22. The molecule has 0 amide bonds.